The van der Waals surface area contributed by atoms with Gasteiger partial charge in [-0.3, -0.25) is 0 Å². The highest BCUT2D eigenvalue weighted by Crippen LogP contribution is 2.30. The Kier molecular flexibility index (Phi) is 4.98. The fraction of sp³-hybridized carbons (Fsp3) is 0.312. The molecule has 9 heteroatoms. The van der Waals surface area contributed by atoms with Gasteiger partial charge in [0.2, 0.25) is 0 Å². The standard InChI is InChI=1S/C16H21N5O3S/c1-16(2,25(4,23)24)12-9-13(17)21-14(20-12)10-5-7-11(8-6-10)19-15(22)18-3/h5-9H,1-4H3,(H2,17,20,21)(H2,18,19,22). The molecule has 0 atom stereocenters. The Morgan fingerprint density at radius 1 is 1.16 bits per heavy atom. The summed E-state index contributed by atoms with van der Waals surface area (Å²) in [7, 11) is -1.87. The molecule has 0 bridgehead atoms. The van der Waals surface area contributed by atoms with Gasteiger partial charge in [-0.2, -0.15) is 0 Å². The summed E-state index contributed by atoms with van der Waals surface area (Å²) in [6, 6.07) is 7.96. The number of nitrogens with zero attached hydrogens (tertiary/aromatic N) is 2. The van der Waals surface area contributed by atoms with E-state index in [1.54, 1.807) is 38.1 Å². The lowest BCUT2D eigenvalue weighted by Crippen LogP contribution is -2.29. The number of urea groups is 1. The first kappa shape index (κ1) is 18.7. The molecule has 8 nitrogen and oxygen atoms in total. The maximum absolute atomic E-state index is 12.0. The monoisotopic (exact) mass is 363 g/mol. The van der Waals surface area contributed by atoms with Crippen molar-refractivity contribution in [1.82, 2.24) is 15.3 Å². The molecular weight excluding hydrogens is 342 g/mol. The van der Waals surface area contributed by atoms with Gasteiger partial charge in [0.1, 0.15) is 10.6 Å². The van der Waals surface area contributed by atoms with Crippen molar-refractivity contribution in [2.24, 2.45) is 0 Å². The van der Waals surface area contributed by atoms with Crippen molar-refractivity contribution >= 4 is 27.4 Å². The van der Waals surface area contributed by atoms with Crippen molar-refractivity contribution in [1.29, 1.82) is 0 Å². The Morgan fingerprint density at radius 2 is 1.76 bits per heavy atom. The van der Waals surface area contributed by atoms with Crippen LogP contribution in [-0.4, -0.2) is 37.7 Å². The van der Waals surface area contributed by atoms with Crippen molar-refractivity contribution in [3.8, 4) is 11.4 Å². The van der Waals surface area contributed by atoms with Gasteiger partial charge in [0.25, 0.3) is 0 Å². The van der Waals surface area contributed by atoms with Crippen LogP contribution in [-0.2, 0) is 14.6 Å². The Labute approximate surface area is 146 Å². The summed E-state index contributed by atoms with van der Waals surface area (Å²) in [5.41, 5.74) is 7.42. The van der Waals surface area contributed by atoms with Crippen LogP contribution in [0, 0.1) is 0 Å². The van der Waals surface area contributed by atoms with E-state index in [1.165, 1.54) is 13.1 Å². The molecule has 0 aliphatic heterocycles. The summed E-state index contributed by atoms with van der Waals surface area (Å²) >= 11 is 0. The number of nitrogen functional groups attached to an aromatic ring is 1. The lowest BCUT2D eigenvalue weighted by molar-refractivity contribution is 0.254. The number of carbonyl (C=O) groups is 1. The maximum Gasteiger partial charge on any atom is 0.318 e. The van der Waals surface area contributed by atoms with Crippen LogP contribution in [0.25, 0.3) is 11.4 Å². The first-order chi connectivity index (χ1) is 11.5. The van der Waals surface area contributed by atoms with Gasteiger partial charge in [-0.1, -0.05) is 0 Å². The molecule has 2 amide bonds. The quantitative estimate of drug-likeness (QED) is 0.759. The van der Waals surface area contributed by atoms with Gasteiger partial charge in [0.15, 0.2) is 15.7 Å². The predicted molar refractivity (Wildman–Crippen MR) is 97.8 cm³/mol. The highest BCUT2D eigenvalue weighted by molar-refractivity contribution is 7.91. The van der Waals surface area contributed by atoms with Gasteiger partial charge in [-0.15, -0.1) is 0 Å². The van der Waals surface area contributed by atoms with Crippen molar-refractivity contribution in [3.63, 3.8) is 0 Å². The smallest absolute Gasteiger partial charge is 0.318 e. The number of aromatic nitrogens is 2. The number of hydrogen-bond acceptors (Lipinski definition) is 6. The van der Waals surface area contributed by atoms with E-state index in [2.05, 4.69) is 20.6 Å². The Hall–Kier alpha value is -2.68. The fourth-order valence-corrected chi connectivity index (χ4v) is 2.47. The topological polar surface area (TPSA) is 127 Å². The van der Waals surface area contributed by atoms with Crippen LogP contribution in [0.5, 0.6) is 0 Å². The first-order valence-electron chi connectivity index (χ1n) is 7.48. The normalized spacial score (nSPS) is 11.8. The van der Waals surface area contributed by atoms with Gasteiger partial charge in [0.05, 0.1) is 5.69 Å². The summed E-state index contributed by atoms with van der Waals surface area (Å²) in [6.45, 7) is 3.15. The molecule has 0 aliphatic carbocycles. The van der Waals surface area contributed by atoms with Crippen molar-refractivity contribution in [2.75, 3.05) is 24.4 Å². The highest BCUT2D eigenvalue weighted by atomic mass is 32.2. The molecule has 134 valence electrons. The van der Waals surface area contributed by atoms with Gasteiger partial charge >= 0.3 is 6.03 Å². The Morgan fingerprint density at radius 3 is 2.28 bits per heavy atom. The number of benzene rings is 1. The van der Waals surface area contributed by atoms with E-state index in [-0.39, 0.29) is 11.8 Å². The van der Waals surface area contributed by atoms with E-state index in [9.17, 15) is 13.2 Å². The predicted octanol–water partition coefficient (Wildman–Crippen LogP) is 1.76. The third-order valence-corrected chi connectivity index (χ3v) is 5.98. The van der Waals surface area contributed by atoms with E-state index in [1.807, 2.05) is 0 Å². The van der Waals surface area contributed by atoms with E-state index in [4.69, 9.17) is 5.73 Å². The average Bonchev–Trinajstić information content (AvgIpc) is 2.53. The third-order valence-electron chi connectivity index (χ3n) is 3.92. The lowest BCUT2D eigenvalue weighted by Gasteiger charge is -2.22. The second-order valence-corrected chi connectivity index (χ2v) is 8.63. The zero-order valence-electron chi connectivity index (χ0n) is 14.5. The molecule has 0 saturated carbocycles. The minimum Gasteiger partial charge on any atom is -0.384 e. The number of nitrogens with two attached hydrogens (primary N) is 1. The summed E-state index contributed by atoms with van der Waals surface area (Å²) in [6.07, 6.45) is 1.16. The van der Waals surface area contributed by atoms with E-state index in [0.29, 0.717) is 22.8 Å². The minimum absolute atomic E-state index is 0.185. The molecule has 0 radical (unpaired) electrons. The summed E-state index contributed by atoms with van der Waals surface area (Å²) < 4.78 is 22.9. The van der Waals surface area contributed by atoms with Gasteiger partial charge in [0, 0.05) is 30.6 Å². The average molecular weight is 363 g/mol. The molecule has 4 N–H and O–H groups in total. The molecule has 25 heavy (non-hydrogen) atoms. The second kappa shape index (κ2) is 6.67. The number of nitrogens with one attached hydrogen (secondary N) is 2. The minimum atomic E-state index is -3.39. The van der Waals surface area contributed by atoms with Crippen LogP contribution in [0.3, 0.4) is 0 Å². The Bertz CT molecular complexity index is 892. The van der Waals surface area contributed by atoms with E-state index < -0.39 is 14.6 Å². The molecule has 0 spiro atoms. The van der Waals surface area contributed by atoms with Crippen LogP contribution < -0.4 is 16.4 Å². The molecule has 1 heterocycles. The van der Waals surface area contributed by atoms with Gasteiger partial charge < -0.3 is 16.4 Å². The summed E-state index contributed by atoms with van der Waals surface area (Å²) in [5.74, 6) is 0.502. The van der Waals surface area contributed by atoms with Crippen LogP contribution >= 0.6 is 0 Å². The molecular formula is C16H21N5O3S. The molecule has 0 fully saturated rings. The number of anilines is 2. The molecule has 0 unspecified atom stereocenters. The number of rotatable bonds is 4. The van der Waals surface area contributed by atoms with E-state index in [0.717, 1.165) is 6.26 Å². The third kappa shape index (κ3) is 4.05. The maximum atomic E-state index is 12.0. The zero-order valence-corrected chi connectivity index (χ0v) is 15.3. The van der Waals surface area contributed by atoms with Crippen LogP contribution in [0.1, 0.15) is 19.5 Å². The van der Waals surface area contributed by atoms with E-state index >= 15 is 0 Å². The SMILES string of the molecule is CNC(=O)Nc1ccc(-c2nc(N)cc(C(C)(C)S(C)(=O)=O)n2)cc1. The van der Waals surface area contributed by atoms with Crippen molar-refractivity contribution in [3.05, 3.63) is 36.0 Å². The fourth-order valence-electron chi connectivity index (χ4n) is 1.99. The van der Waals surface area contributed by atoms with Gasteiger partial charge in [-0.05, 0) is 38.1 Å². The van der Waals surface area contributed by atoms with Crippen LogP contribution in [0.4, 0.5) is 16.3 Å². The van der Waals surface area contributed by atoms with Crippen molar-refractivity contribution in [2.45, 2.75) is 18.6 Å². The Balaban J connectivity index is 2.42. The number of carbonyl (C=O) groups excluding carboxylic acids is 1. The lowest BCUT2D eigenvalue weighted by atomic mass is 10.1. The van der Waals surface area contributed by atoms with Gasteiger partial charge in [-0.25, -0.2) is 23.2 Å². The molecule has 0 saturated heterocycles. The number of amides is 2. The first-order valence-corrected chi connectivity index (χ1v) is 9.37. The van der Waals surface area contributed by atoms with Crippen LogP contribution in [0.15, 0.2) is 30.3 Å². The largest absolute Gasteiger partial charge is 0.384 e. The molecule has 2 aromatic rings. The molecule has 1 aromatic carbocycles. The second-order valence-electron chi connectivity index (χ2n) is 6.07. The molecule has 1 aromatic heterocycles. The molecule has 2 rings (SSSR count). The summed E-state index contributed by atoms with van der Waals surface area (Å²) in [4.78, 5) is 19.9. The van der Waals surface area contributed by atoms with Crippen LogP contribution in [0.2, 0.25) is 0 Å². The number of hydrogen-bond donors (Lipinski definition) is 3. The highest BCUT2D eigenvalue weighted by Gasteiger charge is 2.34. The number of sulfone groups is 1. The van der Waals surface area contributed by atoms with Crippen molar-refractivity contribution < 1.29 is 13.2 Å². The molecule has 0 aliphatic rings. The zero-order chi connectivity index (χ0) is 18.8. The summed E-state index contributed by atoms with van der Waals surface area (Å²) in [5, 5.41) is 5.10.